The van der Waals surface area contributed by atoms with Gasteiger partial charge in [-0.05, 0) is 27.7 Å². The molecule has 1 amide bonds. The summed E-state index contributed by atoms with van der Waals surface area (Å²) in [5, 5.41) is 0. The maximum atomic E-state index is 12.2. The number of aromatic nitrogens is 2. The van der Waals surface area contributed by atoms with Crippen molar-refractivity contribution in [1.29, 1.82) is 0 Å². The molecule has 1 aromatic heterocycles. The van der Waals surface area contributed by atoms with Crippen LogP contribution in [0.1, 0.15) is 39.4 Å². The molecule has 1 aromatic rings. The van der Waals surface area contributed by atoms with Crippen molar-refractivity contribution in [2.24, 2.45) is 0 Å². The molecular formula is C14H21N3O4. The number of fused-ring (bicyclic) bond motifs is 1. The molecule has 0 aromatic carbocycles. The predicted molar refractivity (Wildman–Crippen MR) is 74.5 cm³/mol. The highest BCUT2D eigenvalue weighted by Gasteiger charge is 2.35. The Labute approximate surface area is 123 Å². The molecule has 0 spiro atoms. The highest BCUT2D eigenvalue weighted by molar-refractivity contribution is 5.76. The number of ether oxygens (including phenoxy) is 2. The van der Waals surface area contributed by atoms with Gasteiger partial charge < -0.3 is 14.0 Å². The van der Waals surface area contributed by atoms with E-state index in [9.17, 15) is 9.59 Å². The van der Waals surface area contributed by atoms with Crippen molar-refractivity contribution >= 4 is 12.1 Å². The third-order valence-electron chi connectivity index (χ3n) is 3.04. The molecule has 0 bridgehead atoms. The van der Waals surface area contributed by atoms with Crippen LogP contribution in [0.5, 0.6) is 0 Å². The second kappa shape index (κ2) is 5.75. The number of hydrogen-bond acceptors (Lipinski definition) is 5. The van der Waals surface area contributed by atoms with Crippen molar-refractivity contribution < 1.29 is 19.1 Å². The van der Waals surface area contributed by atoms with Gasteiger partial charge in [-0.3, -0.25) is 4.90 Å². The van der Waals surface area contributed by atoms with E-state index in [4.69, 9.17) is 9.47 Å². The molecule has 1 aliphatic rings. The van der Waals surface area contributed by atoms with Gasteiger partial charge in [0.05, 0.1) is 31.7 Å². The Bertz CT molecular complexity index is 533. The first-order valence-electron chi connectivity index (χ1n) is 6.97. The normalized spacial score (nSPS) is 18.1. The minimum Gasteiger partial charge on any atom is -0.464 e. The Morgan fingerprint density at radius 2 is 2.14 bits per heavy atom. The molecule has 2 heterocycles. The molecule has 116 valence electrons. The van der Waals surface area contributed by atoms with E-state index < -0.39 is 17.7 Å². The van der Waals surface area contributed by atoms with Crippen molar-refractivity contribution in [3.05, 3.63) is 18.2 Å². The Kier molecular flexibility index (Phi) is 4.20. The Morgan fingerprint density at radius 3 is 2.76 bits per heavy atom. The molecule has 0 saturated heterocycles. The van der Waals surface area contributed by atoms with Crippen LogP contribution in [0.2, 0.25) is 0 Å². The van der Waals surface area contributed by atoms with E-state index in [0.29, 0.717) is 13.2 Å². The Hall–Kier alpha value is -2.05. The van der Waals surface area contributed by atoms with Crippen molar-refractivity contribution in [2.45, 2.75) is 45.9 Å². The van der Waals surface area contributed by atoms with Gasteiger partial charge in [0.15, 0.2) is 0 Å². The molecule has 0 saturated carbocycles. The van der Waals surface area contributed by atoms with Gasteiger partial charge in [-0.2, -0.15) is 0 Å². The van der Waals surface area contributed by atoms with Gasteiger partial charge in [0.25, 0.3) is 0 Å². The van der Waals surface area contributed by atoms with Gasteiger partial charge >= 0.3 is 12.1 Å². The molecule has 21 heavy (non-hydrogen) atoms. The lowest BCUT2D eigenvalue weighted by atomic mass is 10.2. The summed E-state index contributed by atoms with van der Waals surface area (Å²) < 4.78 is 12.2. The van der Waals surface area contributed by atoms with Crippen LogP contribution in [0, 0.1) is 0 Å². The molecule has 1 atom stereocenters. The summed E-state index contributed by atoms with van der Waals surface area (Å²) in [4.78, 5) is 29.8. The maximum Gasteiger partial charge on any atom is 0.410 e. The van der Waals surface area contributed by atoms with E-state index >= 15 is 0 Å². The number of esters is 1. The lowest BCUT2D eigenvalue weighted by Gasteiger charge is -2.34. The Morgan fingerprint density at radius 1 is 1.43 bits per heavy atom. The van der Waals surface area contributed by atoms with Gasteiger partial charge in [0, 0.05) is 6.20 Å². The number of rotatable bonds is 2. The molecule has 0 N–H and O–H groups in total. The van der Waals surface area contributed by atoms with E-state index in [0.717, 1.165) is 5.69 Å². The van der Waals surface area contributed by atoms with Gasteiger partial charge in [-0.15, -0.1) is 0 Å². The summed E-state index contributed by atoms with van der Waals surface area (Å²) in [5.74, 6) is -0.370. The van der Waals surface area contributed by atoms with Crippen molar-refractivity contribution in [2.75, 3.05) is 13.2 Å². The topological polar surface area (TPSA) is 73.7 Å². The highest BCUT2D eigenvalue weighted by atomic mass is 16.6. The summed E-state index contributed by atoms with van der Waals surface area (Å²) in [6.45, 7) is 8.06. The van der Waals surface area contributed by atoms with E-state index in [1.807, 2.05) is 20.8 Å². The summed E-state index contributed by atoms with van der Waals surface area (Å²) in [6.07, 6.45) is 2.79. The van der Waals surface area contributed by atoms with E-state index in [-0.39, 0.29) is 12.5 Å². The average Bonchev–Trinajstić information content (AvgIpc) is 2.83. The molecular weight excluding hydrogens is 274 g/mol. The first-order chi connectivity index (χ1) is 9.81. The number of carbonyl (C=O) groups excluding carboxylic acids is 2. The molecule has 0 aliphatic carbocycles. The van der Waals surface area contributed by atoms with Crippen molar-refractivity contribution in [3.8, 4) is 0 Å². The van der Waals surface area contributed by atoms with E-state index in [2.05, 4.69) is 4.98 Å². The van der Waals surface area contributed by atoms with Crippen LogP contribution in [0.3, 0.4) is 0 Å². The first-order valence-corrected chi connectivity index (χ1v) is 6.97. The van der Waals surface area contributed by atoms with Crippen LogP contribution in [-0.4, -0.2) is 45.3 Å². The molecule has 1 aliphatic heterocycles. The SMILES string of the molecule is CCOC(=O)C1CN(C(=O)OC(C)(C)C)Cc2cncn21. The zero-order valence-corrected chi connectivity index (χ0v) is 12.8. The van der Waals surface area contributed by atoms with Crippen LogP contribution >= 0.6 is 0 Å². The van der Waals surface area contributed by atoms with Crippen molar-refractivity contribution in [1.82, 2.24) is 14.5 Å². The van der Waals surface area contributed by atoms with E-state index in [1.165, 1.54) is 4.90 Å². The minimum absolute atomic E-state index is 0.219. The quantitative estimate of drug-likeness (QED) is 0.777. The number of imidazole rings is 1. The lowest BCUT2D eigenvalue weighted by molar-refractivity contribution is -0.148. The molecule has 7 nitrogen and oxygen atoms in total. The average molecular weight is 295 g/mol. The second-order valence-electron chi connectivity index (χ2n) is 5.92. The zero-order chi connectivity index (χ0) is 15.6. The summed E-state index contributed by atoms with van der Waals surface area (Å²) >= 11 is 0. The molecule has 0 radical (unpaired) electrons. The fourth-order valence-corrected chi connectivity index (χ4v) is 2.18. The summed E-state index contributed by atoms with van der Waals surface area (Å²) in [7, 11) is 0. The van der Waals surface area contributed by atoms with Crippen LogP contribution in [0.25, 0.3) is 0 Å². The van der Waals surface area contributed by atoms with Gasteiger partial charge in [-0.25, -0.2) is 14.6 Å². The fraction of sp³-hybridized carbons (Fsp3) is 0.643. The van der Waals surface area contributed by atoms with Crippen LogP contribution in [0.15, 0.2) is 12.5 Å². The van der Waals surface area contributed by atoms with Gasteiger partial charge in [-0.1, -0.05) is 0 Å². The first kappa shape index (κ1) is 15.3. The third kappa shape index (κ3) is 3.53. The molecule has 0 fully saturated rings. The molecule has 2 rings (SSSR count). The third-order valence-corrected chi connectivity index (χ3v) is 3.04. The highest BCUT2D eigenvalue weighted by Crippen LogP contribution is 2.23. The smallest absolute Gasteiger partial charge is 0.410 e. The van der Waals surface area contributed by atoms with Gasteiger partial charge in [0.1, 0.15) is 11.6 Å². The number of amides is 1. The Balaban J connectivity index is 2.18. The second-order valence-corrected chi connectivity index (χ2v) is 5.92. The van der Waals surface area contributed by atoms with E-state index in [1.54, 1.807) is 24.0 Å². The molecule has 7 heteroatoms. The molecule has 1 unspecified atom stereocenters. The minimum atomic E-state index is -0.580. The lowest BCUT2D eigenvalue weighted by Crippen LogP contribution is -2.45. The summed E-state index contributed by atoms with van der Waals surface area (Å²) in [5.41, 5.74) is 0.207. The van der Waals surface area contributed by atoms with Gasteiger partial charge in [0.2, 0.25) is 0 Å². The number of nitrogens with zero attached hydrogens (tertiary/aromatic N) is 3. The standard InChI is InChI=1S/C14H21N3O4/c1-5-20-12(18)11-8-16(13(19)21-14(2,3)4)7-10-6-15-9-17(10)11/h6,9,11H,5,7-8H2,1-4H3. The van der Waals surface area contributed by atoms with Crippen LogP contribution in [0.4, 0.5) is 4.79 Å². The fourth-order valence-electron chi connectivity index (χ4n) is 2.18. The van der Waals surface area contributed by atoms with Crippen molar-refractivity contribution in [3.63, 3.8) is 0 Å². The number of carbonyl (C=O) groups is 2. The number of hydrogen-bond donors (Lipinski definition) is 0. The monoisotopic (exact) mass is 295 g/mol. The summed E-state index contributed by atoms with van der Waals surface area (Å²) in [6, 6.07) is -0.580. The predicted octanol–water partition coefficient (Wildman–Crippen LogP) is 1.74. The zero-order valence-electron chi connectivity index (χ0n) is 12.8. The van der Waals surface area contributed by atoms with Crippen LogP contribution < -0.4 is 0 Å². The largest absolute Gasteiger partial charge is 0.464 e. The maximum absolute atomic E-state index is 12.2. The van der Waals surface area contributed by atoms with Crippen LogP contribution in [-0.2, 0) is 20.8 Å².